The lowest BCUT2D eigenvalue weighted by molar-refractivity contribution is -0.118. The lowest BCUT2D eigenvalue weighted by Gasteiger charge is -2.04. The van der Waals surface area contributed by atoms with Gasteiger partial charge in [-0.3, -0.25) is 9.59 Å². The Labute approximate surface area is 196 Å². The number of rotatable bonds is 19. The quantitative estimate of drug-likeness (QED) is 0.0858. The van der Waals surface area contributed by atoms with E-state index in [4.69, 9.17) is 14.7 Å². The van der Waals surface area contributed by atoms with E-state index in [1.807, 2.05) is 18.2 Å². The van der Waals surface area contributed by atoms with E-state index >= 15 is 0 Å². The molecule has 0 aliphatic heterocycles. The van der Waals surface area contributed by atoms with Gasteiger partial charge in [0.05, 0.1) is 6.42 Å². The molecule has 0 atom stereocenters. The Morgan fingerprint density at radius 3 is 1.44 bits per heavy atom. The third kappa shape index (κ3) is 22.1. The fourth-order valence-electron chi connectivity index (χ4n) is 3.69. The van der Waals surface area contributed by atoms with E-state index in [2.05, 4.69) is 6.92 Å². The molecule has 0 bridgehead atoms. The van der Waals surface area contributed by atoms with Gasteiger partial charge in [-0.1, -0.05) is 127 Å². The van der Waals surface area contributed by atoms with Gasteiger partial charge in [-0.2, -0.15) is 0 Å². The molecule has 1 aromatic carbocycles. The molecule has 0 amide bonds. The van der Waals surface area contributed by atoms with Gasteiger partial charge in [0.1, 0.15) is 5.78 Å². The standard InChI is InChI=1S/C26H42O2.H3O3P/c1-2-3-4-5-6-7-8-9-10-11-12-13-14-15-19-22-25(27)23-26(28)24-20-17-16-18-21-24;1-4(2)3/h16-18,20-21H,2-15,19,22-23H2,1H3;1-3H. The Morgan fingerprint density at radius 2 is 1.03 bits per heavy atom. The monoisotopic (exact) mass is 468 g/mol. The number of unbranched alkanes of at least 4 members (excludes halogenated alkanes) is 14. The van der Waals surface area contributed by atoms with Crippen molar-refractivity contribution < 1.29 is 24.3 Å². The smallest absolute Gasteiger partial charge is 0.324 e. The Kier molecular flexibility index (Phi) is 22.2. The molecule has 0 aliphatic rings. The number of hydrogen-bond donors (Lipinski definition) is 3. The van der Waals surface area contributed by atoms with Crippen LogP contribution in [-0.4, -0.2) is 26.2 Å². The van der Waals surface area contributed by atoms with Crippen molar-refractivity contribution in [3.63, 3.8) is 0 Å². The molecule has 1 rings (SSSR count). The average Bonchev–Trinajstić information content (AvgIpc) is 2.76. The number of hydrogen-bond acceptors (Lipinski definition) is 5. The second-order valence-corrected chi connectivity index (χ2v) is 9.01. The predicted octanol–water partition coefficient (Wildman–Crippen LogP) is 7.28. The second kappa shape index (κ2) is 23.0. The molecule has 1 aromatic rings. The third-order valence-corrected chi connectivity index (χ3v) is 5.51. The zero-order valence-corrected chi connectivity index (χ0v) is 20.9. The van der Waals surface area contributed by atoms with Gasteiger partial charge in [-0.15, -0.1) is 0 Å². The summed E-state index contributed by atoms with van der Waals surface area (Å²) in [7, 11) is -2.62. The molecule has 0 aliphatic carbocycles. The minimum Gasteiger partial charge on any atom is -0.328 e. The number of carbonyl (C=O) groups is 2. The molecule has 5 nitrogen and oxygen atoms in total. The van der Waals surface area contributed by atoms with E-state index in [-0.39, 0.29) is 18.0 Å². The van der Waals surface area contributed by atoms with Crippen LogP contribution >= 0.6 is 8.60 Å². The molecule has 184 valence electrons. The highest BCUT2D eigenvalue weighted by molar-refractivity contribution is 7.38. The van der Waals surface area contributed by atoms with Crippen LogP contribution in [0.5, 0.6) is 0 Å². The molecule has 0 heterocycles. The van der Waals surface area contributed by atoms with Crippen molar-refractivity contribution in [3.8, 4) is 0 Å². The molecule has 3 N–H and O–H groups in total. The van der Waals surface area contributed by atoms with E-state index in [9.17, 15) is 9.59 Å². The average molecular weight is 469 g/mol. The normalized spacial score (nSPS) is 10.7. The van der Waals surface area contributed by atoms with E-state index < -0.39 is 8.60 Å². The zero-order chi connectivity index (χ0) is 23.9. The van der Waals surface area contributed by atoms with Gasteiger partial charge in [0, 0.05) is 12.0 Å². The highest BCUT2D eigenvalue weighted by Crippen LogP contribution is 2.14. The van der Waals surface area contributed by atoms with Crippen molar-refractivity contribution in [2.75, 3.05) is 0 Å². The molecule has 0 radical (unpaired) electrons. The number of benzene rings is 1. The summed E-state index contributed by atoms with van der Waals surface area (Å²) in [5.41, 5.74) is 0.646. The second-order valence-electron chi connectivity index (χ2n) is 8.47. The van der Waals surface area contributed by atoms with Crippen LogP contribution in [0.25, 0.3) is 0 Å². The lowest BCUT2D eigenvalue weighted by Crippen LogP contribution is -2.07. The van der Waals surface area contributed by atoms with Crippen molar-refractivity contribution >= 4 is 20.2 Å². The number of ketones is 2. The van der Waals surface area contributed by atoms with Crippen LogP contribution in [0.3, 0.4) is 0 Å². The fraction of sp³-hybridized carbons (Fsp3) is 0.692. The summed E-state index contributed by atoms with van der Waals surface area (Å²) < 4.78 is 0. The van der Waals surface area contributed by atoms with Crippen molar-refractivity contribution in [1.29, 1.82) is 0 Å². The van der Waals surface area contributed by atoms with Crippen LogP contribution < -0.4 is 0 Å². The van der Waals surface area contributed by atoms with E-state index in [1.165, 1.54) is 83.5 Å². The van der Waals surface area contributed by atoms with Crippen LogP contribution in [0.15, 0.2) is 30.3 Å². The first-order valence-corrected chi connectivity index (χ1v) is 13.6. The number of Topliss-reactive ketones (excluding diaryl/α,β-unsaturated/α-hetero) is 2. The van der Waals surface area contributed by atoms with Crippen LogP contribution in [0, 0.1) is 0 Å². The Bertz CT molecular complexity index is 560. The first-order valence-electron chi connectivity index (χ1n) is 12.4. The van der Waals surface area contributed by atoms with E-state index in [0.29, 0.717) is 12.0 Å². The SMILES string of the molecule is CCCCCCCCCCCCCCCCCC(=O)CC(=O)c1ccccc1.OP(O)O. The van der Waals surface area contributed by atoms with Gasteiger partial charge in [0.2, 0.25) is 0 Å². The maximum absolute atomic E-state index is 12.0. The Hall–Kier alpha value is -1.13. The maximum atomic E-state index is 12.0. The summed E-state index contributed by atoms with van der Waals surface area (Å²) in [6.45, 7) is 2.27. The van der Waals surface area contributed by atoms with Gasteiger partial charge in [-0.25, -0.2) is 0 Å². The third-order valence-electron chi connectivity index (χ3n) is 5.51. The van der Waals surface area contributed by atoms with E-state index in [1.54, 1.807) is 12.1 Å². The highest BCUT2D eigenvalue weighted by Gasteiger charge is 2.10. The largest absolute Gasteiger partial charge is 0.328 e. The summed E-state index contributed by atoms with van der Waals surface area (Å²) >= 11 is 0. The molecular weight excluding hydrogens is 423 g/mol. The molecule has 32 heavy (non-hydrogen) atoms. The van der Waals surface area contributed by atoms with Crippen molar-refractivity contribution in [2.45, 2.75) is 116 Å². The topological polar surface area (TPSA) is 94.8 Å². The molecule has 0 spiro atoms. The Morgan fingerprint density at radius 1 is 0.656 bits per heavy atom. The fourth-order valence-corrected chi connectivity index (χ4v) is 3.69. The first-order chi connectivity index (χ1) is 15.5. The van der Waals surface area contributed by atoms with E-state index in [0.717, 1.165) is 12.8 Å². The molecule has 0 saturated heterocycles. The van der Waals surface area contributed by atoms with Crippen molar-refractivity contribution in [1.82, 2.24) is 0 Å². The molecule has 0 fully saturated rings. The summed E-state index contributed by atoms with van der Waals surface area (Å²) in [5.74, 6) is 0.0371. The van der Waals surface area contributed by atoms with Gasteiger partial charge in [-0.05, 0) is 6.42 Å². The van der Waals surface area contributed by atoms with Crippen molar-refractivity contribution in [2.24, 2.45) is 0 Å². The molecular formula is C26H45O5P. The molecule has 0 aromatic heterocycles. The molecule has 0 unspecified atom stereocenters. The summed E-state index contributed by atoms with van der Waals surface area (Å²) in [6.07, 6.45) is 20.5. The van der Waals surface area contributed by atoms with Crippen LogP contribution in [-0.2, 0) is 4.79 Å². The minimum atomic E-state index is -2.62. The Balaban J connectivity index is 0.00000220. The molecule has 6 heteroatoms. The first kappa shape index (κ1) is 30.9. The predicted molar refractivity (Wildman–Crippen MR) is 134 cm³/mol. The van der Waals surface area contributed by atoms with Gasteiger partial charge >= 0.3 is 8.60 Å². The highest BCUT2D eigenvalue weighted by atomic mass is 31.2. The van der Waals surface area contributed by atoms with Crippen LogP contribution in [0.1, 0.15) is 126 Å². The van der Waals surface area contributed by atoms with Gasteiger partial charge < -0.3 is 14.7 Å². The van der Waals surface area contributed by atoms with Crippen LogP contribution in [0.2, 0.25) is 0 Å². The van der Waals surface area contributed by atoms with Crippen LogP contribution in [0.4, 0.5) is 0 Å². The number of carbonyl (C=O) groups excluding carboxylic acids is 2. The van der Waals surface area contributed by atoms with Gasteiger partial charge in [0.25, 0.3) is 0 Å². The maximum Gasteiger partial charge on any atom is 0.324 e. The summed E-state index contributed by atoms with van der Waals surface area (Å²) in [5, 5.41) is 0. The van der Waals surface area contributed by atoms with Gasteiger partial charge in [0.15, 0.2) is 5.78 Å². The minimum absolute atomic E-state index is 0.0495. The lowest BCUT2D eigenvalue weighted by atomic mass is 10.0. The van der Waals surface area contributed by atoms with Crippen molar-refractivity contribution in [3.05, 3.63) is 35.9 Å². The summed E-state index contributed by atoms with van der Waals surface area (Å²) in [6, 6.07) is 9.12. The molecule has 0 saturated carbocycles. The zero-order valence-electron chi connectivity index (χ0n) is 20.0. The summed E-state index contributed by atoms with van der Waals surface area (Å²) in [4.78, 5) is 45.6.